The summed E-state index contributed by atoms with van der Waals surface area (Å²) < 4.78 is 0. The number of aromatic nitrogens is 1. The molecule has 16 heavy (non-hydrogen) atoms. The first-order chi connectivity index (χ1) is 7.80. The van der Waals surface area contributed by atoms with E-state index in [4.69, 9.17) is 0 Å². The van der Waals surface area contributed by atoms with Crippen LogP contribution < -0.4 is 5.32 Å². The quantitative estimate of drug-likeness (QED) is 0.680. The number of benzene rings is 1. The Morgan fingerprint density at radius 1 is 1.12 bits per heavy atom. The lowest BCUT2D eigenvalue weighted by atomic mass is 9.83. The summed E-state index contributed by atoms with van der Waals surface area (Å²) in [6, 6.07) is 8.14. The third-order valence-electron chi connectivity index (χ3n) is 3.53. The molecule has 2 heterocycles. The maximum absolute atomic E-state index is 10.7. The van der Waals surface area contributed by atoms with Crippen molar-refractivity contribution < 1.29 is 5.11 Å². The first kappa shape index (κ1) is 9.87. The second kappa shape index (κ2) is 3.61. The molecule has 3 rings (SSSR count). The summed E-state index contributed by atoms with van der Waals surface area (Å²) in [6.07, 6.45) is 3.51. The van der Waals surface area contributed by atoms with Crippen molar-refractivity contribution in [2.75, 3.05) is 13.1 Å². The Kier molecular flexibility index (Phi) is 2.23. The van der Waals surface area contributed by atoms with Crippen molar-refractivity contribution in [2.45, 2.75) is 18.4 Å². The van der Waals surface area contributed by atoms with Crippen LogP contribution in [0.4, 0.5) is 0 Å². The van der Waals surface area contributed by atoms with E-state index < -0.39 is 5.60 Å². The molecular formula is C13H16N2O. The van der Waals surface area contributed by atoms with Gasteiger partial charge in [0.1, 0.15) is 0 Å². The Hall–Kier alpha value is -1.32. The Morgan fingerprint density at radius 2 is 1.94 bits per heavy atom. The smallest absolute Gasteiger partial charge is 0.0927 e. The topological polar surface area (TPSA) is 48.0 Å². The maximum atomic E-state index is 10.7. The van der Waals surface area contributed by atoms with Gasteiger partial charge in [-0.1, -0.05) is 12.1 Å². The van der Waals surface area contributed by atoms with E-state index in [-0.39, 0.29) is 0 Å². The molecule has 1 saturated heterocycles. The van der Waals surface area contributed by atoms with Gasteiger partial charge in [0.05, 0.1) is 5.60 Å². The van der Waals surface area contributed by atoms with Gasteiger partial charge >= 0.3 is 0 Å². The van der Waals surface area contributed by atoms with Gasteiger partial charge in [0.2, 0.25) is 0 Å². The van der Waals surface area contributed by atoms with Crippen LogP contribution >= 0.6 is 0 Å². The molecule has 0 aliphatic carbocycles. The SMILES string of the molecule is OC1(c2cccc3[nH]ccc23)CCNCC1. The van der Waals surface area contributed by atoms with Crippen LogP contribution in [0.15, 0.2) is 30.5 Å². The minimum atomic E-state index is -0.660. The number of hydrogen-bond acceptors (Lipinski definition) is 2. The summed E-state index contributed by atoms with van der Waals surface area (Å²) in [5.74, 6) is 0. The minimum Gasteiger partial charge on any atom is -0.385 e. The van der Waals surface area contributed by atoms with Crippen molar-refractivity contribution in [3.05, 3.63) is 36.0 Å². The number of piperidine rings is 1. The molecule has 84 valence electrons. The van der Waals surface area contributed by atoms with E-state index in [1.807, 2.05) is 30.5 Å². The lowest BCUT2D eigenvalue weighted by Crippen LogP contribution is -2.39. The molecule has 1 aliphatic heterocycles. The lowest BCUT2D eigenvalue weighted by molar-refractivity contribution is 0.00735. The molecular weight excluding hydrogens is 200 g/mol. The third kappa shape index (κ3) is 1.44. The normalized spacial score (nSPS) is 20.1. The number of aromatic amines is 1. The van der Waals surface area contributed by atoms with Gasteiger partial charge in [0, 0.05) is 17.1 Å². The molecule has 0 unspecified atom stereocenters. The van der Waals surface area contributed by atoms with Crippen LogP contribution in [-0.4, -0.2) is 23.2 Å². The van der Waals surface area contributed by atoms with E-state index in [9.17, 15) is 5.11 Å². The summed E-state index contributed by atoms with van der Waals surface area (Å²) in [7, 11) is 0. The van der Waals surface area contributed by atoms with Crippen LogP contribution in [0, 0.1) is 0 Å². The van der Waals surface area contributed by atoms with Gasteiger partial charge in [0.15, 0.2) is 0 Å². The number of rotatable bonds is 1. The van der Waals surface area contributed by atoms with E-state index in [0.29, 0.717) is 0 Å². The van der Waals surface area contributed by atoms with Crippen LogP contribution in [0.3, 0.4) is 0 Å². The molecule has 3 N–H and O–H groups in total. The van der Waals surface area contributed by atoms with Crippen LogP contribution in [0.1, 0.15) is 18.4 Å². The number of fused-ring (bicyclic) bond motifs is 1. The van der Waals surface area contributed by atoms with Gasteiger partial charge < -0.3 is 15.4 Å². The summed E-state index contributed by atoms with van der Waals surface area (Å²) in [5.41, 5.74) is 1.50. The highest BCUT2D eigenvalue weighted by Crippen LogP contribution is 2.34. The monoisotopic (exact) mass is 216 g/mol. The highest BCUT2D eigenvalue weighted by Gasteiger charge is 2.32. The van der Waals surface area contributed by atoms with Crippen LogP contribution in [-0.2, 0) is 5.60 Å². The first-order valence-electron chi connectivity index (χ1n) is 5.79. The molecule has 0 radical (unpaired) electrons. The zero-order valence-electron chi connectivity index (χ0n) is 9.16. The van der Waals surface area contributed by atoms with Crippen LogP contribution in [0.5, 0.6) is 0 Å². The predicted molar refractivity (Wildman–Crippen MR) is 64.3 cm³/mol. The zero-order chi connectivity index (χ0) is 11.0. The van der Waals surface area contributed by atoms with Crippen molar-refractivity contribution in [3.8, 4) is 0 Å². The molecule has 0 spiro atoms. The molecule has 1 aromatic carbocycles. The molecule has 1 aliphatic rings. The van der Waals surface area contributed by atoms with Gasteiger partial charge in [-0.25, -0.2) is 0 Å². The molecule has 2 aromatic rings. The average Bonchev–Trinajstić information content (AvgIpc) is 2.77. The second-order valence-electron chi connectivity index (χ2n) is 4.53. The Morgan fingerprint density at radius 3 is 2.75 bits per heavy atom. The Balaban J connectivity index is 2.13. The Bertz CT molecular complexity index is 497. The van der Waals surface area contributed by atoms with Crippen LogP contribution in [0.25, 0.3) is 10.9 Å². The number of aliphatic hydroxyl groups is 1. The standard InChI is InChI=1S/C13H16N2O/c16-13(5-8-14-9-6-13)11-2-1-3-12-10(11)4-7-15-12/h1-4,7,14-16H,5-6,8-9H2. The van der Waals surface area contributed by atoms with Gasteiger partial charge in [-0.05, 0) is 43.6 Å². The van der Waals surface area contributed by atoms with Crippen molar-refractivity contribution in [2.24, 2.45) is 0 Å². The van der Waals surface area contributed by atoms with Crippen LogP contribution in [0.2, 0.25) is 0 Å². The number of H-pyrrole nitrogens is 1. The van der Waals surface area contributed by atoms with Crippen molar-refractivity contribution in [3.63, 3.8) is 0 Å². The molecule has 1 aromatic heterocycles. The molecule has 0 saturated carbocycles. The molecule has 3 nitrogen and oxygen atoms in total. The van der Waals surface area contributed by atoms with Gasteiger partial charge in [-0.3, -0.25) is 0 Å². The van der Waals surface area contributed by atoms with Crippen molar-refractivity contribution in [1.82, 2.24) is 10.3 Å². The fourth-order valence-corrected chi connectivity index (χ4v) is 2.60. The lowest BCUT2D eigenvalue weighted by Gasteiger charge is -2.33. The second-order valence-corrected chi connectivity index (χ2v) is 4.53. The summed E-state index contributed by atoms with van der Waals surface area (Å²) in [5, 5.41) is 15.1. The fourth-order valence-electron chi connectivity index (χ4n) is 2.60. The van der Waals surface area contributed by atoms with Gasteiger partial charge in [-0.15, -0.1) is 0 Å². The molecule has 0 atom stereocenters. The van der Waals surface area contributed by atoms with Crippen molar-refractivity contribution >= 4 is 10.9 Å². The van der Waals surface area contributed by atoms with Gasteiger partial charge in [-0.2, -0.15) is 0 Å². The molecule has 3 heteroatoms. The highest BCUT2D eigenvalue weighted by atomic mass is 16.3. The Labute approximate surface area is 94.5 Å². The third-order valence-corrected chi connectivity index (χ3v) is 3.53. The summed E-state index contributed by atoms with van der Waals surface area (Å²) >= 11 is 0. The van der Waals surface area contributed by atoms with E-state index in [1.165, 1.54) is 0 Å². The minimum absolute atomic E-state index is 0.660. The largest absolute Gasteiger partial charge is 0.385 e. The van der Waals surface area contributed by atoms with Gasteiger partial charge in [0.25, 0.3) is 0 Å². The zero-order valence-corrected chi connectivity index (χ0v) is 9.16. The fraction of sp³-hybridized carbons (Fsp3) is 0.385. The highest BCUT2D eigenvalue weighted by molar-refractivity contribution is 5.83. The molecule has 0 bridgehead atoms. The summed E-state index contributed by atoms with van der Waals surface area (Å²) in [6.45, 7) is 1.77. The number of hydrogen-bond donors (Lipinski definition) is 3. The first-order valence-corrected chi connectivity index (χ1v) is 5.79. The van der Waals surface area contributed by atoms with E-state index >= 15 is 0 Å². The van der Waals surface area contributed by atoms with E-state index in [1.54, 1.807) is 0 Å². The van der Waals surface area contributed by atoms with Crippen molar-refractivity contribution in [1.29, 1.82) is 0 Å². The van der Waals surface area contributed by atoms with E-state index in [0.717, 1.165) is 42.4 Å². The molecule has 0 amide bonds. The number of nitrogens with one attached hydrogen (secondary N) is 2. The summed E-state index contributed by atoms with van der Waals surface area (Å²) in [4.78, 5) is 3.19. The predicted octanol–water partition coefficient (Wildman–Crippen LogP) is 1.74. The molecule has 1 fully saturated rings. The van der Waals surface area contributed by atoms with E-state index in [2.05, 4.69) is 10.3 Å². The maximum Gasteiger partial charge on any atom is 0.0927 e. The average molecular weight is 216 g/mol.